The van der Waals surface area contributed by atoms with Crippen LogP contribution in [-0.2, 0) is 9.53 Å². The first-order chi connectivity index (χ1) is 12.8. The van der Waals surface area contributed by atoms with Gasteiger partial charge >= 0.3 is 11.7 Å². The quantitative estimate of drug-likeness (QED) is 0.400. The van der Waals surface area contributed by atoms with Crippen LogP contribution in [0.5, 0.6) is 0 Å². The molecule has 1 aromatic carbocycles. The number of esters is 1. The Bertz CT molecular complexity index is 1070. The Kier molecular flexibility index (Phi) is 4.70. The van der Waals surface area contributed by atoms with Crippen molar-refractivity contribution < 1.29 is 23.6 Å². The van der Waals surface area contributed by atoms with E-state index in [-0.39, 0.29) is 17.3 Å². The molecule has 3 rings (SSSR count). The second-order valence-corrected chi connectivity index (χ2v) is 5.28. The minimum atomic E-state index is -1.04. The summed E-state index contributed by atoms with van der Waals surface area (Å²) < 4.78 is 19.4. The summed E-state index contributed by atoms with van der Waals surface area (Å²) in [5.74, 6) is -2.83. The van der Waals surface area contributed by atoms with E-state index in [4.69, 9.17) is 4.74 Å². The summed E-state index contributed by atoms with van der Waals surface area (Å²) in [6.07, 6.45) is 1.50. The third kappa shape index (κ3) is 3.84. The zero-order valence-corrected chi connectivity index (χ0v) is 13.7. The molecule has 3 aromatic rings. The van der Waals surface area contributed by atoms with Crippen molar-refractivity contribution in [3.8, 4) is 0 Å². The van der Waals surface area contributed by atoms with Crippen molar-refractivity contribution in [2.45, 2.75) is 6.92 Å². The molecule has 0 saturated heterocycles. The topological polar surface area (TPSA) is 142 Å². The largest absolute Gasteiger partial charge is 0.450 e. The van der Waals surface area contributed by atoms with Gasteiger partial charge in [0.25, 0.3) is 17.5 Å². The van der Waals surface area contributed by atoms with Crippen LogP contribution in [0, 0.1) is 22.9 Å². The standard InChI is InChI=1S/C15H11FN6O5/c1-8-4-5-17-15-19-13(20-21(8)15)14(24)27-7-12(23)18-9-2-3-10(16)11(6-9)22(25)26/h2-6H,7H2,1H3,(H,18,23). The summed E-state index contributed by atoms with van der Waals surface area (Å²) in [6.45, 7) is 1.06. The van der Waals surface area contributed by atoms with E-state index in [0.29, 0.717) is 5.69 Å². The van der Waals surface area contributed by atoms with Crippen LogP contribution in [0.25, 0.3) is 5.78 Å². The number of nitrogens with zero attached hydrogens (tertiary/aromatic N) is 5. The summed E-state index contributed by atoms with van der Waals surface area (Å²) >= 11 is 0. The number of aryl methyl sites for hydroxylation is 1. The second kappa shape index (κ2) is 7.11. The average molecular weight is 374 g/mol. The Labute approximate surface area is 149 Å². The number of hydrogen-bond acceptors (Lipinski definition) is 8. The fourth-order valence-electron chi connectivity index (χ4n) is 2.12. The van der Waals surface area contributed by atoms with Crippen LogP contribution in [0.4, 0.5) is 15.8 Å². The normalized spacial score (nSPS) is 10.6. The van der Waals surface area contributed by atoms with Gasteiger partial charge in [0.15, 0.2) is 6.61 Å². The number of nitrogens with one attached hydrogen (secondary N) is 1. The molecule has 0 atom stereocenters. The molecule has 0 aliphatic carbocycles. The SMILES string of the molecule is Cc1ccnc2nc(C(=O)OCC(=O)Nc3ccc(F)c([N+](=O)[O-])c3)nn12. The van der Waals surface area contributed by atoms with Crippen LogP contribution in [-0.4, -0.2) is 43.0 Å². The molecule has 0 spiro atoms. The Balaban J connectivity index is 1.63. The Morgan fingerprint density at radius 3 is 2.85 bits per heavy atom. The maximum Gasteiger partial charge on any atom is 0.378 e. The molecule has 11 nitrogen and oxygen atoms in total. The predicted octanol–water partition coefficient (Wildman–Crippen LogP) is 1.28. The maximum absolute atomic E-state index is 13.3. The van der Waals surface area contributed by atoms with Gasteiger partial charge < -0.3 is 10.1 Å². The summed E-state index contributed by atoms with van der Waals surface area (Å²) in [4.78, 5) is 41.4. The van der Waals surface area contributed by atoms with Gasteiger partial charge in [-0.3, -0.25) is 14.9 Å². The molecule has 0 bridgehead atoms. The molecule has 0 fully saturated rings. The maximum atomic E-state index is 13.3. The van der Waals surface area contributed by atoms with Gasteiger partial charge in [0.2, 0.25) is 5.82 Å². The number of nitro benzene ring substituents is 1. The Hall–Kier alpha value is -3.96. The molecule has 1 N–H and O–H groups in total. The fourth-order valence-corrected chi connectivity index (χ4v) is 2.12. The molecule has 27 heavy (non-hydrogen) atoms. The highest BCUT2D eigenvalue weighted by Crippen LogP contribution is 2.21. The minimum Gasteiger partial charge on any atom is -0.450 e. The van der Waals surface area contributed by atoms with E-state index in [2.05, 4.69) is 20.4 Å². The molecule has 0 unspecified atom stereocenters. The Morgan fingerprint density at radius 2 is 2.15 bits per heavy atom. The van der Waals surface area contributed by atoms with Crippen LogP contribution in [0.3, 0.4) is 0 Å². The molecule has 0 saturated carbocycles. The number of carbonyl (C=O) groups excluding carboxylic acids is 2. The van der Waals surface area contributed by atoms with E-state index < -0.39 is 34.9 Å². The number of halogens is 1. The molecule has 0 aliphatic heterocycles. The predicted molar refractivity (Wildman–Crippen MR) is 87.5 cm³/mol. The number of nitro groups is 1. The average Bonchev–Trinajstić information content (AvgIpc) is 3.07. The van der Waals surface area contributed by atoms with E-state index in [0.717, 1.165) is 18.2 Å². The summed E-state index contributed by atoms with van der Waals surface area (Å²) in [5.41, 5.74) is -0.112. The minimum absolute atomic E-state index is 0.0187. The van der Waals surface area contributed by atoms with E-state index in [1.165, 1.54) is 10.7 Å². The van der Waals surface area contributed by atoms with E-state index >= 15 is 0 Å². The number of amides is 1. The highest BCUT2D eigenvalue weighted by atomic mass is 19.1. The van der Waals surface area contributed by atoms with E-state index in [1.54, 1.807) is 13.0 Å². The fraction of sp³-hybridized carbons (Fsp3) is 0.133. The number of benzene rings is 1. The first-order valence-corrected chi connectivity index (χ1v) is 7.44. The molecule has 0 radical (unpaired) electrons. The lowest BCUT2D eigenvalue weighted by molar-refractivity contribution is -0.387. The van der Waals surface area contributed by atoms with Crippen LogP contribution >= 0.6 is 0 Å². The van der Waals surface area contributed by atoms with Gasteiger partial charge in [0.1, 0.15) is 0 Å². The molecule has 1 amide bonds. The second-order valence-electron chi connectivity index (χ2n) is 5.28. The highest BCUT2D eigenvalue weighted by Gasteiger charge is 2.18. The molecule has 0 aliphatic rings. The van der Waals surface area contributed by atoms with Crippen LogP contribution in [0.1, 0.15) is 16.3 Å². The number of anilines is 1. The molecular formula is C15H11FN6O5. The molecule has 2 aromatic heterocycles. The molecule has 138 valence electrons. The monoisotopic (exact) mass is 374 g/mol. The van der Waals surface area contributed by atoms with Gasteiger partial charge in [0.05, 0.1) is 4.92 Å². The number of hydrogen-bond donors (Lipinski definition) is 1. The van der Waals surface area contributed by atoms with Crippen LogP contribution in [0.2, 0.25) is 0 Å². The number of rotatable bonds is 5. The van der Waals surface area contributed by atoms with Crippen molar-refractivity contribution >= 4 is 29.0 Å². The first-order valence-electron chi connectivity index (χ1n) is 7.44. The number of ether oxygens (including phenoxy) is 1. The lowest BCUT2D eigenvalue weighted by Gasteiger charge is -2.05. The van der Waals surface area contributed by atoms with Gasteiger partial charge in [0, 0.05) is 23.6 Å². The van der Waals surface area contributed by atoms with Gasteiger partial charge in [-0.15, -0.1) is 5.10 Å². The van der Waals surface area contributed by atoms with Crippen LogP contribution < -0.4 is 5.32 Å². The number of carbonyl (C=O) groups is 2. The smallest absolute Gasteiger partial charge is 0.378 e. The van der Waals surface area contributed by atoms with Crippen molar-refractivity contribution in [2.24, 2.45) is 0 Å². The zero-order valence-electron chi connectivity index (χ0n) is 13.7. The molecule has 12 heteroatoms. The van der Waals surface area contributed by atoms with Crippen molar-refractivity contribution in [2.75, 3.05) is 11.9 Å². The molecule has 2 heterocycles. The third-order valence-electron chi connectivity index (χ3n) is 3.37. The van der Waals surface area contributed by atoms with Crippen molar-refractivity contribution in [1.29, 1.82) is 0 Å². The lowest BCUT2D eigenvalue weighted by Crippen LogP contribution is -2.21. The Morgan fingerprint density at radius 1 is 1.37 bits per heavy atom. The summed E-state index contributed by atoms with van der Waals surface area (Å²) in [6, 6.07) is 4.51. The lowest BCUT2D eigenvalue weighted by atomic mass is 10.2. The summed E-state index contributed by atoms with van der Waals surface area (Å²) in [5, 5.41) is 16.9. The van der Waals surface area contributed by atoms with Crippen molar-refractivity contribution in [3.63, 3.8) is 0 Å². The van der Waals surface area contributed by atoms with Crippen LogP contribution in [0.15, 0.2) is 30.5 Å². The van der Waals surface area contributed by atoms with E-state index in [1.807, 2.05) is 0 Å². The highest BCUT2D eigenvalue weighted by molar-refractivity contribution is 5.94. The van der Waals surface area contributed by atoms with Crippen molar-refractivity contribution in [3.05, 3.63) is 57.9 Å². The summed E-state index contributed by atoms with van der Waals surface area (Å²) in [7, 11) is 0. The number of fused-ring (bicyclic) bond motifs is 1. The molecular weight excluding hydrogens is 363 g/mol. The van der Waals surface area contributed by atoms with Gasteiger partial charge in [-0.2, -0.15) is 9.37 Å². The zero-order chi connectivity index (χ0) is 19.6. The van der Waals surface area contributed by atoms with Gasteiger partial charge in [-0.05, 0) is 25.1 Å². The number of aromatic nitrogens is 4. The van der Waals surface area contributed by atoms with Gasteiger partial charge in [-0.25, -0.2) is 14.3 Å². The first kappa shape index (κ1) is 17.8. The van der Waals surface area contributed by atoms with Gasteiger partial charge in [-0.1, -0.05) is 0 Å². The van der Waals surface area contributed by atoms with Crippen molar-refractivity contribution in [1.82, 2.24) is 19.6 Å². The van der Waals surface area contributed by atoms with E-state index in [9.17, 15) is 24.1 Å². The third-order valence-corrected chi connectivity index (χ3v) is 3.37.